The summed E-state index contributed by atoms with van der Waals surface area (Å²) in [4.78, 5) is 0. The molecule has 76 valence electrons. The molecule has 2 saturated carbocycles. The van der Waals surface area contributed by atoms with Crippen LogP contribution in [-0.2, 0) is 0 Å². The molecule has 5 unspecified atom stereocenters. The fourth-order valence-corrected chi connectivity index (χ4v) is 2.63. The molecule has 2 aliphatic carbocycles. The van der Waals surface area contributed by atoms with Crippen LogP contribution in [-0.4, -0.2) is 12.6 Å². The normalized spacial score (nSPS) is 47.8. The summed E-state index contributed by atoms with van der Waals surface area (Å²) in [5, 5.41) is 3.65. The molecule has 0 aromatic heterocycles. The summed E-state index contributed by atoms with van der Waals surface area (Å²) in [6.07, 6.45) is 4.28. The van der Waals surface area contributed by atoms with E-state index in [1.54, 1.807) is 0 Å². The van der Waals surface area contributed by atoms with Crippen LogP contribution < -0.4 is 5.32 Å². The van der Waals surface area contributed by atoms with Gasteiger partial charge >= 0.3 is 0 Å². The molecule has 2 rings (SSSR count). The Kier molecular flexibility index (Phi) is 2.64. The van der Waals surface area contributed by atoms with Crippen molar-refractivity contribution in [3.05, 3.63) is 0 Å². The third-order valence-electron chi connectivity index (χ3n) is 4.04. The smallest absolute Gasteiger partial charge is 0.0127 e. The van der Waals surface area contributed by atoms with Gasteiger partial charge in [0.05, 0.1) is 0 Å². The van der Waals surface area contributed by atoms with E-state index in [9.17, 15) is 0 Å². The van der Waals surface area contributed by atoms with E-state index >= 15 is 0 Å². The van der Waals surface area contributed by atoms with Crippen molar-refractivity contribution in [3.63, 3.8) is 0 Å². The lowest BCUT2D eigenvalue weighted by atomic mass is 10.1. The summed E-state index contributed by atoms with van der Waals surface area (Å²) in [6, 6.07) is 0.868. The summed E-state index contributed by atoms with van der Waals surface area (Å²) < 4.78 is 0. The van der Waals surface area contributed by atoms with Gasteiger partial charge in [0.15, 0.2) is 0 Å². The van der Waals surface area contributed by atoms with Crippen LogP contribution in [0.1, 0.15) is 40.0 Å². The first-order valence-corrected chi connectivity index (χ1v) is 5.97. The maximum absolute atomic E-state index is 3.65. The quantitative estimate of drug-likeness (QED) is 0.687. The Bertz CT molecular complexity index is 178. The zero-order valence-corrected chi connectivity index (χ0v) is 9.22. The molecule has 13 heavy (non-hydrogen) atoms. The van der Waals surface area contributed by atoms with Gasteiger partial charge in [0.1, 0.15) is 0 Å². The minimum Gasteiger partial charge on any atom is -0.313 e. The molecule has 0 bridgehead atoms. The van der Waals surface area contributed by atoms with Crippen LogP contribution in [0.4, 0.5) is 0 Å². The monoisotopic (exact) mass is 181 g/mol. The Morgan fingerprint density at radius 1 is 1.31 bits per heavy atom. The van der Waals surface area contributed by atoms with Gasteiger partial charge in [0.2, 0.25) is 0 Å². The van der Waals surface area contributed by atoms with E-state index in [1.165, 1.54) is 25.8 Å². The van der Waals surface area contributed by atoms with Crippen molar-refractivity contribution in [2.45, 2.75) is 46.1 Å². The molecule has 0 aliphatic heterocycles. The van der Waals surface area contributed by atoms with Crippen molar-refractivity contribution in [2.24, 2.45) is 23.7 Å². The summed E-state index contributed by atoms with van der Waals surface area (Å²) in [7, 11) is 0. The average Bonchev–Trinajstić information content (AvgIpc) is 2.94. The number of hydrogen-bond acceptors (Lipinski definition) is 1. The highest BCUT2D eigenvalue weighted by molar-refractivity contribution is 5.03. The Morgan fingerprint density at radius 3 is 2.54 bits per heavy atom. The maximum Gasteiger partial charge on any atom is 0.0127 e. The van der Waals surface area contributed by atoms with Gasteiger partial charge in [-0.3, -0.25) is 0 Å². The molecule has 1 heteroatoms. The van der Waals surface area contributed by atoms with Gasteiger partial charge < -0.3 is 5.32 Å². The van der Waals surface area contributed by atoms with E-state index in [4.69, 9.17) is 0 Å². The molecule has 0 radical (unpaired) electrons. The molecule has 1 nitrogen and oxygen atoms in total. The van der Waals surface area contributed by atoms with Crippen LogP contribution in [0.15, 0.2) is 0 Å². The second-order valence-corrected chi connectivity index (χ2v) is 5.21. The van der Waals surface area contributed by atoms with Crippen molar-refractivity contribution in [2.75, 3.05) is 6.54 Å². The summed E-state index contributed by atoms with van der Waals surface area (Å²) in [5.74, 6) is 4.10. The van der Waals surface area contributed by atoms with Crippen molar-refractivity contribution in [3.8, 4) is 0 Å². The van der Waals surface area contributed by atoms with E-state index in [0.717, 1.165) is 29.7 Å². The van der Waals surface area contributed by atoms with Crippen LogP contribution in [0, 0.1) is 23.7 Å². The Labute approximate surface area is 82.3 Å². The molecule has 5 atom stereocenters. The van der Waals surface area contributed by atoms with Crippen LogP contribution in [0.5, 0.6) is 0 Å². The van der Waals surface area contributed by atoms with Crippen molar-refractivity contribution in [1.82, 2.24) is 5.32 Å². The molecule has 0 aromatic carbocycles. The zero-order valence-electron chi connectivity index (χ0n) is 9.22. The lowest BCUT2D eigenvalue weighted by Gasteiger charge is -2.00. The molecule has 0 saturated heterocycles. The predicted octanol–water partition coefficient (Wildman–Crippen LogP) is 2.67. The zero-order chi connectivity index (χ0) is 9.42. The molecule has 0 amide bonds. The second-order valence-electron chi connectivity index (χ2n) is 5.21. The largest absolute Gasteiger partial charge is 0.313 e. The highest BCUT2D eigenvalue weighted by Crippen LogP contribution is 2.51. The highest BCUT2D eigenvalue weighted by Gasteiger charge is 2.49. The minimum atomic E-state index is 0.868. The Morgan fingerprint density at radius 2 is 2.00 bits per heavy atom. The van der Waals surface area contributed by atoms with Crippen molar-refractivity contribution in [1.29, 1.82) is 0 Å². The highest BCUT2D eigenvalue weighted by atomic mass is 15.0. The molecule has 0 aromatic rings. The van der Waals surface area contributed by atoms with E-state index in [1.807, 2.05) is 0 Å². The lowest BCUT2D eigenvalue weighted by molar-refractivity contribution is 0.554. The fraction of sp³-hybridized carbons (Fsp3) is 1.00. The van der Waals surface area contributed by atoms with E-state index in [-0.39, 0.29) is 0 Å². The second kappa shape index (κ2) is 3.61. The van der Waals surface area contributed by atoms with E-state index in [2.05, 4.69) is 26.1 Å². The first kappa shape index (κ1) is 9.51. The standard InChI is InChI=1S/C12H23N/c1-4-5-13-12-9(3)11(12)7-10-6-8(10)2/h8-13H,4-7H2,1-3H3. The Hall–Kier alpha value is -0.0400. The number of hydrogen-bond donors (Lipinski definition) is 1. The number of rotatable bonds is 5. The third-order valence-corrected chi connectivity index (χ3v) is 4.04. The Balaban J connectivity index is 1.65. The van der Waals surface area contributed by atoms with Crippen molar-refractivity contribution >= 4 is 0 Å². The first-order valence-electron chi connectivity index (χ1n) is 5.97. The minimum absolute atomic E-state index is 0.868. The first-order chi connectivity index (χ1) is 6.24. The SMILES string of the molecule is CCCNC1C(C)C1CC1CC1C. The molecule has 0 heterocycles. The topological polar surface area (TPSA) is 12.0 Å². The van der Waals surface area contributed by atoms with E-state index in [0.29, 0.717) is 0 Å². The molecule has 0 spiro atoms. The molecule has 2 aliphatic rings. The van der Waals surface area contributed by atoms with Crippen LogP contribution >= 0.6 is 0 Å². The van der Waals surface area contributed by atoms with Gasteiger partial charge in [0.25, 0.3) is 0 Å². The van der Waals surface area contributed by atoms with Gasteiger partial charge in [-0.25, -0.2) is 0 Å². The molecular formula is C12H23N. The average molecular weight is 181 g/mol. The van der Waals surface area contributed by atoms with Crippen LogP contribution in [0.3, 0.4) is 0 Å². The maximum atomic E-state index is 3.65. The summed E-state index contributed by atoms with van der Waals surface area (Å²) in [5.41, 5.74) is 0. The lowest BCUT2D eigenvalue weighted by Crippen LogP contribution is -2.19. The third kappa shape index (κ3) is 2.07. The fourth-order valence-electron chi connectivity index (χ4n) is 2.63. The van der Waals surface area contributed by atoms with Gasteiger partial charge in [0, 0.05) is 6.04 Å². The predicted molar refractivity (Wildman–Crippen MR) is 56.6 cm³/mol. The van der Waals surface area contributed by atoms with Crippen molar-refractivity contribution < 1.29 is 0 Å². The van der Waals surface area contributed by atoms with Gasteiger partial charge in [-0.05, 0) is 49.5 Å². The summed E-state index contributed by atoms with van der Waals surface area (Å²) in [6.45, 7) is 8.26. The molecule has 2 fully saturated rings. The molecule has 1 N–H and O–H groups in total. The van der Waals surface area contributed by atoms with Crippen LogP contribution in [0.2, 0.25) is 0 Å². The van der Waals surface area contributed by atoms with Gasteiger partial charge in [-0.1, -0.05) is 20.8 Å². The number of nitrogens with one attached hydrogen (secondary N) is 1. The van der Waals surface area contributed by atoms with Gasteiger partial charge in [-0.2, -0.15) is 0 Å². The van der Waals surface area contributed by atoms with Crippen LogP contribution in [0.25, 0.3) is 0 Å². The van der Waals surface area contributed by atoms with Gasteiger partial charge in [-0.15, -0.1) is 0 Å². The van der Waals surface area contributed by atoms with E-state index < -0.39 is 0 Å². The molecular weight excluding hydrogens is 158 g/mol. The summed E-state index contributed by atoms with van der Waals surface area (Å²) >= 11 is 0.